The summed E-state index contributed by atoms with van der Waals surface area (Å²) in [5.74, 6) is -0.208. The molecule has 3 rings (SSSR count). The number of nitrogens with zero attached hydrogens (tertiary/aromatic N) is 2. The topological polar surface area (TPSA) is 112 Å². The summed E-state index contributed by atoms with van der Waals surface area (Å²) in [6.07, 6.45) is 0.838. The highest BCUT2D eigenvalue weighted by Crippen LogP contribution is 2.40. The van der Waals surface area contributed by atoms with Crippen LogP contribution in [0.15, 0.2) is 30.3 Å². The van der Waals surface area contributed by atoms with Crippen LogP contribution < -0.4 is 10.6 Å². The molecule has 0 aliphatic heterocycles. The Labute approximate surface area is 200 Å². The molecule has 1 aromatic carbocycles. The second-order valence-electron chi connectivity index (χ2n) is 10.6. The van der Waals surface area contributed by atoms with Crippen LogP contribution in [0.25, 0.3) is 0 Å². The number of aromatic nitrogens is 2. The summed E-state index contributed by atoms with van der Waals surface area (Å²) in [4.78, 5) is 37.6. The van der Waals surface area contributed by atoms with E-state index < -0.39 is 29.3 Å². The molecule has 0 bridgehead atoms. The van der Waals surface area contributed by atoms with Gasteiger partial charge < -0.3 is 14.8 Å². The number of rotatable bonds is 5. The van der Waals surface area contributed by atoms with Crippen molar-refractivity contribution < 1.29 is 23.9 Å². The lowest BCUT2D eigenvalue weighted by atomic mass is 10.00. The average Bonchev–Trinajstić information content (AvgIpc) is 3.45. The van der Waals surface area contributed by atoms with Crippen LogP contribution in [0.2, 0.25) is 0 Å². The average molecular weight is 471 g/mol. The van der Waals surface area contributed by atoms with Gasteiger partial charge in [-0.05, 0) is 79.0 Å². The molecule has 0 saturated heterocycles. The summed E-state index contributed by atoms with van der Waals surface area (Å²) in [7, 11) is 0. The number of amides is 2. The van der Waals surface area contributed by atoms with Gasteiger partial charge in [0.25, 0.3) is 0 Å². The number of anilines is 2. The third-order valence-corrected chi connectivity index (χ3v) is 4.99. The van der Waals surface area contributed by atoms with Gasteiger partial charge in [-0.1, -0.05) is 12.1 Å². The second kappa shape index (κ2) is 9.48. The molecule has 2 amide bonds. The zero-order valence-electron chi connectivity index (χ0n) is 20.9. The quantitative estimate of drug-likeness (QED) is 0.585. The predicted molar refractivity (Wildman–Crippen MR) is 129 cm³/mol. The first-order valence-corrected chi connectivity index (χ1v) is 11.5. The minimum absolute atomic E-state index is 0.288. The highest BCUT2D eigenvalue weighted by atomic mass is 16.6. The number of nitrogens with one attached hydrogen (secondary N) is 2. The van der Waals surface area contributed by atoms with Gasteiger partial charge in [0.05, 0.1) is 11.6 Å². The molecule has 1 fully saturated rings. The van der Waals surface area contributed by atoms with E-state index in [2.05, 4.69) is 15.7 Å². The fourth-order valence-electron chi connectivity index (χ4n) is 3.17. The number of benzene rings is 1. The van der Waals surface area contributed by atoms with E-state index in [1.54, 1.807) is 78.8 Å². The lowest BCUT2D eigenvalue weighted by Gasteiger charge is -2.20. The molecule has 184 valence electrons. The van der Waals surface area contributed by atoms with Crippen LogP contribution in [-0.4, -0.2) is 39.1 Å². The van der Waals surface area contributed by atoms with Crippen molar-refractivity contribution in [3.05, 3.63) is 41.6 Å². The molecule has 2 N–H and O–H groups in total. The Hall–Kier alpha value is -3.36. The van der Waals surface area contributed by atoms with Crippen LogP contribution in [0.5, 0.6) is 0 Å². The molecule has 9 nitrogen and oxygen atoms in total. The molecule has 1 aliphatic carbocycles. The molecule has 0 unspecified atom stereocenters. The van der Waals surface area contributed by atoms with Crippen LogP contribution >= 0.6 is 0 Å². The number of ether oxygens (including phenoxy) is 2. The van der Waals surface area contributed by atoms with E-state index in [9.17, 15) is 14.4 Å². The van der Waals surface area contributed by atoms with Crippen molar-refractivity contribution in [2.24, 2.45) is 0 Å². The van der Waals surface area contributed by atoms with Crippen molar-refractivity contribution >= 4 is 29.6 Å². The van der Waals surface area contributed by atoms with E-state index >= 15 is 0 Å². The first-order valence-electron chi connectivity index (χ1n) is 11.5. The van der Waals surface area contributed by atoms with E-state index in [0.717, 1.165) is 28.8 Å². The summed E-state index contributed by atoms with van der Waals surface area (Å²) >= 11 is 0. The molecular weight excluding hydrogens is 436 g/mol. The number of hydrogen-bond donors (Lipinski definition) is 2. The Balaban J connectivity index is 1.69. The third kappa shape index (κ3) is 7.07. The van der Waals surface area contributed by atoms with Crippen LogP contribution in [0, 0.1) is 0 Å². The summed E-state index contributed by atoms with van der Waals surface area (Å²) < 4.78 is 11.8. The smallest absolute Gasteiger partial charge is 0.437 e. The summed E-state index contributed by atoms with van der Waals surface area (Å²) in [5, 5.41) is 9.87. The molecule has 1 saturated carbocycles. The highest BCUT2D eigenvalue weighted by Gasteiger charge is 2.31. The maximum atomic E-state index is 13.0. The van der Waals surface area contributed by atoms with Crippen LogP contribution in [0.1, 0.15) is 84.4 Å². The lowest BCUT2D eigenvalue weighted by molar-refractivity contribution is -0.117. The van der Waals surface area contributed by atoms with Gasteiger partial charge in [0.15, 0.2) is 0 Å². The van der Waals surface area contributed by atoms with Crippen molar-refractivity contribution in [1.29, 1.82) is 0 Å². The van der Waals surface area contributed by atoms with E-state index in [-0.39, 0.29) is 11.7 Å². The maximum absolute atomic E-state index is 13.0. The molecule has 34 heavy (non-hydrogen) atoms. The Morgan fingerprint density at radius 2 is 1.56 bits per heavy atom. The molecule has 1 heterocycles. The molecule has 0 spiro atoms. The van der Waals surface area contributed by atoms with Crippen molar-refractivity contribution in [2.45, 2.75) is 84.3 Å². The monoisotopic (exact) mass is 470 g/mol. The second-order valence-corrected chi connectivity index (χ2v) is 10.6. The van der Waals surface area contributed by atoms with Gasteiger partial charge in [0.2, 0.25) is 5.91 Å². The molecule has 1 aromatic heterocycles. The maximum Gasteiger partial charge on any atom is 0.437 e. The Morgan fingerprint density at radius 1 is 0.971 bits per heavy atom. The van der Waals surface area contributed by atoms with Gasteiger partial charge >= 0.3 is 12.2 Å². The highest BCUT2D eigenvalue weighted by molar-refractivity contribution is 5.96. The summed E-state index contributed by atoms with van der Waals surface area (Å²) in [5.41, 5.74) is 0.793. The first kappa shape index (κ1) is 25.3. The van der Waals surface area contributed by atoms with E-state index in [0.29, 0.717) is 11.6 Å². The van der Waals surface area contributed by atoms with E-state index in [1.807, 2.05) is 0 Å². The predicted octanol–water partition coefficient (Wildman–Crippen LogP) is 5.63. The van der Waals surface area contributed by atoms with Crippen LogP contribution in [0.4, 0.5) is 21.1 Å². The third-order valence-electron chi connectivity index (χ3n) is 4.99. The largest absolute Gasteiger partial charge is 0.444 e. The Morgan fingerprint density at radius 3 is 2.09 bits per heavy atom. The Kier molecular flexibility index (Phi) is 7.05. The number of carbonyl (C=O) groups is 3. The molecule has 2 aromatic rings. The van der Waals surface area contributed by atoms with Gasteiger partial charge in [-0.25, -0.2) is 9.59 Å². The minimum atomic E-state index is -0.688. The van der Waals surface area contributed by atoms with Crippen molar-refractivity contribution in [3.63, 3.8) is 0 Å². The van der Waals surface area contributed by atoms with Crippen molar-refractivity contribution in [2.75, 3.05) is 10.6 Å². The zero-order chi connectivity index (χ0) is 25.3. The lowest BCUT2D eigenvalue weighted by Crippen LogP contribution is -2.30. The minimum Gasteiger partial charge on any atom is -0.444 e. The van der Waals surface area contributed by atoms with Gasteiger partial charge in [0.1, 0.15) is 17.0 Å². The fourth-order valence-corrected chi connectivity index (χ4v) is 3.17. The summed E-state index contributed by atoms with van der Waals surface area (Å²) in [6.45, 7) is 12.5. The van der Waals surface area contributed by atoms with Crippen LogP contribution in [-0.2, 0) is 14.3 Å². The normalized spacial score (nSPS) is 14.8. The zero-order valence-corrected chi connectivity index (χ0v) is 20.9. The molecular formula is C25H34N4O5. The molecule has 9 heteroatoms. The van der Waals surface area contributed by atoms with Crippen LogP contribution in [0.3, 0.4) is 0 Å². The Bertz CT molecular complexity index is 1060. The van der Waals surface area contributed by atoms with Gasteiger partial charge in [-0.3, -0.25) is 10.1 Å². The van der Waals surface area contributed by atoms with E-state index in [1.165, 1.54) is 0 Å². The molecule has 1 aliphatic rings. The molecule has 1 atom stereocenters. The first-order chi connectivity index (χ1) is 15.7. The van der Waals surface area contributed by atoms with Gasteiger partial charge in [-0.2, -0.15) is 5.10 Å². The SMILES string of the molecule is C[C@H](C(=O)Nc1cc(C2CC2)nn1C(=O)OC(C)(C)C)c1ccc(NC(=O)OC(C)(C)C)cc1. The number of hydrogen-bond acceptors (Lipinski definition) is 6. The molecule has 0 radical (unpaired) electrons. The number of carbonyl (C=O) groups excluding carboxylic acids is 3. The van der Waals surface area contributed by atoms with Gasteiger partial charge in [-0.15, -0.1) is 4.68 Å². The van der Waals surface area contributed by atoms with E-state index in [4.69, 9.17) is 9.47 Å². The van der Waals surface area contributed by atoms with Crippen molar-refractivity contribution in [1.82, 2.24) is 9.78 Å². The standard InChI is InChI=1S/C25H34N4O5/c1-15(16-10-12-18(13-11-16)26-22(31)33-24(2,3)4)21(30)27-20-14-19(17-8-9-17)28-29(20)23(32)34-25(5,6)7/h10-15,17H,8-9H2,1-7H3,(H,26,31)(H,27,30)/t15-/m0/s1. The fraction of sp³-hybridized carbons (Fsp3) is 0.520. The van der Waals surface area contributed by atoms with Gasteiger partial charge in [0, 0.05) is 17.7 Å². The van der Waals surface area contributed by atoms with Crippen molar-refractivity contribution in [3.8, 4) is 0 Å². The summed E-state index contributed by atoms with van der Waals surface area (Å²) in [6, 6.07) is 8.67.